The minimum atomic E-state index is 0.582. The molecule has 2 N–H and O–H groups in total. The first-order valence-electron chi connectivity index (χ1n) is 5.49. The lowest BCUT2D eigenvalue weighted by Crippen LogP contribution is -2.07. The quantitative estimate of drug-likeness (QED) is 0.829. The van der Waals surface area contributed by atoms with Crippen LogP contribution in [0.25, 0.3) is 0 Å². The lowest BCUT2D eigenvalue weighted by atomic mass is 10.3. The van der Waals surface area contributed by atoms with Gasteiger partial charge in [0.2, 0.25) is 0 Å². The summed E-state index contributed by atoms with van der Waals surface area (Å²) in [6, 6.07) is 3.94. The number of thioether (sulfide) groups is 1. The van der Waals surface area contributed by atoms with Gasteiger partial charge >= 0.3 is 0 Å². The molecule has 0 aliphatic heterocycles. The molecular formula is C12H20N2OS. The van der Waals surface area contributed by atoms with Crippen LogP contribution >= 0.6 is 11.8 Å². The van der Waals surface area contributed by atoms with Crippen LogP contribution in [-0.4, -0.2) is 23.9 Å². The number of hydrogen-bond donors (Lipinski definition) is 1. The first-order chi connectivity index (χ1) is 7.65. The van der Waals surface area contributed by atoms with Gasteiger partial charge in [-0.1, -0.05) is 6.92 Å². The Bertz CT molecular complexity index is 331. The molecule has 4 heteroatoms. The maximum Gasteiger partial charge on any atom is 0.122 e. The number of aryl methyl sites for hydroxylation is 1. The monoisotopic (exact) mass is 240 g/mol. The van der Waals surface area contributed by atoms with Crippen molar-refractivity contribution in [1.29, 1.82) is 0 Å². The maximum absolute atomic E-state index is 5.52. The van der Waals surface area contributed by atoms with E-state index in [1.165, 1.54) is 0 Å². The van der Waals surface area contributed by atoms with Gasteiger partial charge in [-0.3, -0.25) is 4.98 Å². The van der Waals surface area contributed by atoms with Crippen molar-refractivity contribution in [1.82, 2.24) is 4.98 Å². The number of nitrogens with zero attached hydrogens (tertiary/aromatic N) is 1. The second-order valence-electron chi connectivity index (χ2n) is 3.84. The fourth-order valence-electron chi connectivity index (χ4n) is 1.44. The highest BCUT2D eigenvalue weighted by Gasteiger charge is 2.05. The number of aromatic nitrogens is 1. The van der Waals surface area contributed by atoms with Crippen molar-refractivity contribution in [3.05, 3.63) is 23.5 Å². The van der Waals surface area contributed by atoms with Gasteiger partial charge in [0.1, 0.15) is 5.75 Å². The molecule has 16 heavy (non-hydrogen) atoms. The second kappa shape index (κ2) is 6.76. The molecule has 1 heterocycles. The SMILES string of the molecule is COc1cc(C)nc(CSC(C)CCN)c1. The van der Waals surface area contributed by atoms with Crippen LogP contribution in [0.2, 0.25) is 0 Å². The molecule has 0 radical (unpaired) electrons. The molecule has 0 fully saturated rings. The van der Waals surface area contributed by atoms with Gasteiger partial charge in [0.05, 0.1) is 12.8 Å². The van der Waals surface area contributed by atoms with Crippen LogP contribution in [0.15, 0.2) is 12.1 Å². The molecule has 3 nitrogen and oxygen atoms in total. The van der Waals surface area contributed by atoms with Gasteiger partial charge in [0, 0.05) is 28.8 Å². The standard InChI is InChI=1S/C12H20N2OS/c1-9-6-12(15-3)7-11(14-9)8-16-10(2)4-5-13/h6-7,10H,4-5,8,13H2,1-3H3. The summed E-state index contributed by atoms with van der Waals surface area (Å²) in [5, 5.41) is 0.582. The zero-order chi connectivity index (χ0) is 12.0. The third-order valence-electron chi connectivity index (χ3n) is 2.30. The van der Waals surface area contributed by atoms with Gasteiger partial charge in [0.25, 0.3) is 0 Å². The van der Waals surface area contributed by atoms with Crippen LogP contribution in [0.3, 0.4) is 0 Å². The van der Waals surface area contributed by atoms with Crippen molar-refractivity contribution in [2.75, 3.05) is 13.7 Å². The van der Waals surface area contributed by atoms with Crippen LogP contribution in [0.4, 0.5) is 0 Å². The smallest absolute Gasteiger partial charge is 0.122 e. The lowest BCUT2D eigenvalue weighted by molar-refractivity contribution is 0.413. The summed E-state index contributed by atoms with van der Waals surface area (Å²) in [4.78, 5) is 4.48. The Balaban J connectivity index is 2.56. The van der Waals surface area contributed by atoms with Crippen LogP contribution in [0, 0.1) is 6.92 Å². The van der Waals surface area contributed by atoms with Gasteiger partial charge in [-0.25, -0.2) is 0 Å². The average Bonchev–Trinajstić information content (AvgIpc) is 2.26. The molecule has 90 valence electrons. The Kier molecular flexibility index (Phi) is 5.63. The van der Waals surface area contributed by atoms with Crippen molar-refractivity contribution in [3.63, 3.8) is 0 Å². The van der Waals surface area contributed by atoms with E-state index in [2.05, 4.69) is 11.9 Å². The number of hydrogen-bond acceptors (Lipinski definition) is 4. The third kappa shape index (κ3) is 4.41. The number of ether oxygens (including phenoxy) is 1. The Hall–Kier alpha value is -0.740. The molecule has 0 saturated heterocycles. The predicted molar refractivity (Wildman–Crippen MR) is 70.0 cm³/mol. The van der Waals surface area contributed by atoms with Crippen LogP contribution in [-0.2, 0) is 5.75 Å². The molecule has 0 bridgehead atoms. The average molecular weight is 240 g/mol. The summed E-state index contributed by atoms with van der Waals surface area (Å²) in [5.74, 6) is 1.80. The maximum atomic E-state index is 5.52. The van der Waals surface area contributed by atoms with Gasteiger partial charge in [-0.15, -0.1) is 0 Å². The zero-order valence-corrected chi connectivity index (χ0v) is 11.0. The molecule has 0 aromatic carbocycles. The zero-order valence-electron chi connectivity index (χ0n) is 10.2. The highest BCUT2D eigenvalue weighted by Crippen LogP contribution is 2.21. The van der Waals surface area contributed by atoms with Crippen molar-refractivity contribution >= 4 is 11.8 Å². The summed E-state index contributed by atoms with van der Waals surface area (Å²) >= 11 is 1.88. The molecule has 0 aliphatic rings. The summed E-state index contributed by atoms with van der Waals surface area (Å²) in [6.07, 6.45) is 1.05. The summed E-state index contributed by atoms with van der Waals surface area (Å²) in [7, 11) is 1.68. The van der Waals surface area contributed by atoms with Crippen LogP contribution < -0.4 is 10.5 Å². The first-order valence-corrected chi connectivity index (χ1v) is 6.53. The number of rotatable bonds is 6. The fourth-order valence-corrected chi connectivity index (χ4v) is 2.35. The number of nitrogens with two attached hydrogens (primary N) is 1. The molecule has 1 atom stereocenters. The van der Waals surface area contributed by atoms with E-state index in [0.717, 1.165) is 35.9 Å². The first kappa shape index (κ1) is 13.3. The molecular weight excluding hydrogens is 220 g/mol. The molecule has 0 saturated carbocycles. The van der Waals surface area contributed by atoms with E-state index >= 15 is 0 Å². The van der Waals surface area contributed by atoms with E-state index in [4.69, 9.17) is 10.5 Å². The van der Waals surface area contributed by atoms with Gasteiger partial charge < -0.3 is 10.5 Å². The second-order valence-corrected chi connectivity index (χ2v) is 5.27. The van der Waals surface area contributed by atoms with E-state index < -0.39 is 0 Å². The topological polar surface area (TPSA) is 48.1 Å². The minimum absolute atomic E-state index is 0.582. The van der Waals surface area contributed by atoms with E-state index in [1.807, 2.05) is 30.8 Å². The summed E-state index contributed by atoms with van der Waals surface area (Å²) < 4.78 is 5.22. The highest BCUT2D eigenvalue weighted by molar-refractivity contribution is 7.99. The Morgan fingerprint density at radius 3 is 2.88 bits per heavy atom. The summed E-state index contributed by atoms with van der Waals surface area (Å²) in [5.41, 5.74) is 7.60. The van der Waals surface area contributed by atoms with Crippen molar-refractivity contribution in [2.45, 2.75) is 31.3 Å². The minimum Gasteiger partial charge on any atom is -0.497 e. The lowest BCUT2D eigenvalue weighted by Gasteiger charge is -2.10. The van der Waals surface area contributed by atoms with E-state index in [0.29, 0.717) is 5.25 Å². The van der Waals surface area contributed by atoms with Gasteiger partial charge in [0.15, 0.2) is 0 Å². The van der Waals surface area contributed by atoms with E-state index in [9.17, 15) is 0 Å². The van der Waals surface area contributed by atoms with E-state index in [-0.39, 0.29) is 0 Å². The normalized spacial score (nSPS) is 12.5. The Morgan fingerprint density at radius 1 is 1.50 bits per heavy atom. The molecule has 0 spiro atoms. The van der Waals surface area contributed by atoms with Gasteiger partial charge in [-0.2, -0.15) is 11.8 Å². The highest BCUT2D eigenvalue weighted by atomic mass is 32.2. The fraction of sp³-hybridized carbons (Fsp3) is 0.583. The van der Waals surface area contributed by atoms with Crippen molar-refractivity contribution < 1.29 is 4.74 Å². The molecule has 1 rings (SSSR count). The number of pyridine rings is 1. The van der Waals surface area contributed by atoms with Gasteiger partial charge in [-0.05, 0) is 19.9 Å². The van der Waals surface area contributed by atoms with Crippen molar-refractivity contribution in [3.8, 4) is 5.75 Å². The molecule has 0 aliphatic carbocycles. The third-order valence-corrected chi connectivity index (χ3v) is 3.57. The number of methoxy groups -OCH3 is 1. The molecule has 0 amide bonds. The van der Waals surface area contributed by atoms with Crippen molar-refractivity contribution in [2.24, 2.45) is 5.73 Å². The van der Waals surface area contributed by atoms with E-state index in [1.54, 1.807) is 7.11 Å². The Labute approximate surface area is 102 Å². The molecule has 1 unspecified atom stereocenters. The van der Waals surface area contributed by atoms with Crippen LogP contribution in [0.1, 0.15) is 24.7 Å². The Morgan fingerprint density at radius 2 is 2.25 bits per heavy atom. The molecule has 1 aromatic heterocycles. The summed E-state index contributed by atoms with van der Waals surface area (Å²) in [6.45, 7) is 4.93. The molecule has 1 aromatic rings. The van der Waals surface area contributed by atoms with Crippen LogP contribution in [0.5, 0.6) is 5.75 Å². The predicted octanol–water partition coefficient (Wildman–Crippen LogP) is 2.37. The largest absolute Gasteiger partial charge is 0.497 e.